The first-order valence-electron chi connectivity index (χ1n) is 11.3. The number of nitrogens with one attached hydrogen (secondary N) is 1. The highest BCUT2D eigenvalue weighted by molar-refractivity contribution is 5.93. The van der Waals surface area contributed by atoms with Crippen LogP contribution < -0.4 is 20.4 Å². The minimum Gasteiger partial charge on any atom is -0.487 e. The molecule has 170 valence electrons. The molecule has 0 spiro atoms. The maximum absolute atomic E-state index is 12.8. The van der Waals surface area contributed by atoms with E-state index in [2.05, 4.69) is 5.32 Å². The number of amides is 2. The van der Waals surface area contributed by atoms with E-state index in [-0.39, 0.29) is 36.2 Å². The number of piperazine rings is 1. The highest BCUT2D eigenvalue weighted by atomic mass is 16.5. The Hall–Kier alpha value is -3.03. The van der Waals surface area contributed by atoms with Crippen molar-refractivity contribution in [2.24, 2.45) is 0 Å². The van der Waals surface area contributed by atoms with Gasteiger partial charge in [-0.15, -0.1) is 0 Å². The zero-order chi connectivity index (χ0) is 22.5. The summed E-state index contributed by atoms with van der Waals surface area (Å²) >= 11 is 0. The third-order valence-corrected chi connectivity index (χ3v) is 6.62. The van der Waals surface area contributed by atoms with E-state index in [1.165, 1.54) is 4.90 Å². The minimum absolute atomic E-state index is 0.0364. The van der Waals surface area contributed by atoms with Crippen molar-refractivity contribution in [1.29, 1.82) is 0 Å². The van der Waals surface area contributed by atoms with Crippen molar-refractivity contribution in [3.63, 3.8) is 0 Å². The Kier molecular flexibility index (Phi) is 5.10. The van der Waals surface area contributed by atoms with Crippen LogP contribution in [0.3, 0.4) is 0 Å². The smallest absolute Gasteiger partial charge is 0.339 e. The van der Waals surface area contributed by atoms with Gasteiger partial charge in [0.1, 0.15) is 22.7 Å². The summed E-state index contributed by atoms with van der Waals surface area (Å²) in [7, 11) is 0. The Morgan fingerprint density at radius 2 is 1.94 bits per heavy atom. The molecular formula is C24H28N2O6. The molecule has 1 fully saturated rings. The number of hydrogen-bond donors (Lipinski definition) is 1. The third kappa shape index (κ3) is 3.72. The van der Waals surface area contributed by atoms with Gasteiger partial charge in [0, 0.05) is 30.3 Å². The number of fused-ring (bicyclic) bond motifs is 5. The van der Waals surface area contributed by atoms with E-state index in [0.717, 1.165) is 48.6 Å². The largest absolute Gasteiger partial charge is 0.487 e. The van der Waals surface area contributed by atoms with E-state index in [9.17, 15) is 14.4 Å². The molecule has 3 heterocycles. The van der Waals surface area contributed by atoms with E-state index < -0.39 is 0 Å². The molecular weight excluding hydrogens is 412 g/mol. The first-order chi connectivity index (χ1) is 15.3. The maximum atomic E-state index is 12.8. The zero-order valence-corrected chi connectivity index (χ0v) is 18.5. The fraction of sp³-hybridized carbons (Fsp3) is 0.542. The van der Waals surface area contributed by atoms with Gasteiger partial charge in [0.25, 0.3) is 5.91 Å². The predicted molar refractivity (Wildman–Crippen MR) is 117 cm³/mol. The fourth-order valence-corrected chi connectivity index (χ4v) is 4.91. The van der Waals surface area contributed by atoms with Gasteiger partial charge >= 0.3 is 5.63 Å². The number of carbonyl (C=O) groups is 2. The number of hydrogen-bond acceptors (Lipinski definition) is 6. The number of benzene rings is 1. The molecule has 0 radical (unpaired) electrons. The SMILES string of the molecule is CC1(C)CCc2c(cc(OCC(=O)N3CCNC(=O)C3)c3c4c(c(=O)oc23)CCCC4)O1. The molecule has 8 heteroatoms. The summed E-state index contributed by atoms with van der Waals surface area (Å²) in [5, 5.41) is 3.50. The average Bonchev–Trinajstić information content (AvgIpc) is 2.76. The van der Waals surface area contributed by atoms with Crippen molar-refractivity contribution in [1.82, 2.24) is 10.2 Å². The molecule has 0 atom stereocenters. The van der Waals surface area contributed by atoms with Gasteiger partial charge in [0.05, 0.1) is 11.9 Å². The van der Waals surface area contributed by atoms with Gasteiger partial charge in [-0.2, -0.15) is 0 Å². The number of carbonyl (C=O) groups excluding carboxylic acids is 2. The zero-order valence-electron chi connectivity index (χ0n) is 18.5. The molecule has 0 bridgehead atoms. The second-order valence-corrected chi connectivity index (χ2v) is 9.42. The van der Waals surface area contributed by atoms with Crippen LogP contribution in [0.15, 0.2) is 15.3 Å². The van der Waals surface area contributed by atoms with Crippen LogP contribution in [0.5, 0.6) is 11.5 Å². The molecule has 2 aromatic rings. The number of aryl methyl sites for hydroxylation is 2. The first-order valence-corrected chi connectivity index (χ1v) is 11.3. The molecule has 1 saturated heterocycles. The van der Waals surface area contributed by atoms with E-state index in [4.69, 9.17) is 13.9 Å². The Morgan fingerprint density at radius 1 is 1.16 bits per heavy atom. The van der Waals surface area contributed by atoms with Crippen molar-refractivity contribution in [3.05, 3.63) is 33.2 Å². The lowest BCUT2D eigenvalue weighted by Gasteiger charge is -2.33. The standard InChI is InChI=1S/C24H28N2O6/c1-24(2)8-7-16-17(32-24)11-18(30-13-20(28)26-10-9-25-19(27)12-26)21-14-5-3-4-6-15(14)23(29)31-22(16)21/h11H,3-10,12-13H2,1-2H3,(H,25,27). The molecule has 2 aliphatic heterocycles. The second kappa shape index (κ2) is 7.83. The number of ether oxygens (including phenoxy) is 2. The van der Waals surface area contributed by atoms with Gasteiger partial charge in [-0.1, -0.05) is 0 Å². The normalized spacial score (nSPS) is 19.6. The van der Waals surface area contributed by atoms with Gasteiger partial charge in [-0.05, 0) is 57.9 Å². The molecule has 5 rings (SSSR count). The van der Waals surface area contributed by atoms with Crippen LogP contribution in [0.4, 0.5) is 0 Å². The van der Waals surface area contributed by atoms with Crippen molar-refractivity contribution < 1.29 is 23.5 Å². The van der Waals surface area contributed by atoms with Crippen LogP contribution in [0.2, 0.25) is 0 Å². The van der Waals surface area contributed by atoms with Crippen LogP contribution in [0, 0.1) is 0 Å². The molecule has 0 saturated carbocycles. The highest BCUT2D eigenvalue weighted by Gasteiger charge is 2.32. The minimum atomic E-state index is -0.344. The van der Waals surface area contributed by atoms with Crippen LogP contribution >= 0.6 is 0 Å². The summed E-state index contributed by atoms with van der Waals surface area (Å²) in [6.07, 6.45) is 4.97. The summed E-state index contributed by atoms with van der Waals surface area (Å²) in [6, 6.07) is 1.84. The highest BCUT2D eigenvalue weighted by Crippen LogP contribution is 2.44. The molecule has 1 aliphatic carbocycles. The van der Waals surface area contributed by atoms with Gasteiger partial charge in [0.15, 0.2) is 6.61 Å². The van der Waals surface area contributed by atoms with Gasteiger partial charge in [-0.25, -0.2) is 4.79 Å². The maximum Gasteiger partial charge on any atom is 0.339 e. The van der Waals surface area contributed by atoms with Crippen LogP contribution in [-0.2, 0) is 28.9 Å². The molecule has 32 heavy (non-hydrogen) atoms. The lowest BCUT2D eigenvalue weighted by atomic mass is 9.87. The van der Waals surface area contributed by atoms with Crippen LogP contribution in [0.25, 0.3) is 11.0 Å². The van der Waals surface area contributed by atoms with Gasteiger partial charge < -0.3 is 24.1 Å². The molecule has 1 N–H and O–H groups in total. The van der Waals surface area contributed by atoms with Gasteiger partial charge in [0.2, 0.25) is 5.91 Å². The summed E-state index contributed by atoms with van der Waals surface area (Å²) in [6.45, 7) is 4.78. The van der Waals surface area contributed by atoms with Crippen molar-refractivity contribution in [2.45, 2.75) is 58.0 Å². The summed E-state index contributed by atoms with van der Waals surface area (Å²) in [5.41, 5.74) is 2.45. The van der Waals surface area contributed by atoms with Crippen LogP contribution in [-0.4, -0.2) is 48.6 Å². The summed E-state index contributed by atoms with van der Waals surface area (Å²) < 4.78 is 18.1. The lowest BCUT2D eigenvalue weighted by molar-refractivity contribution is -0.139. The number of rotatable bonds is 3. The molecule has 0 unspecified atom stereocenters. The van der Waals surface area contributed by atoms with E-state index in [0.29, 0.717) is 42.2 Å². The quantitative estimate of drug-likeness (QED) is 0.735. The average molecular weight is 440 g/mol. The first kappa shape index (κ1) is 20.8. The molecule has 1 aromatic carbocycles. The summed E-state index contributed by atoms with van der Waals surface area (Å²) in [5.74, 6) is 0.703. The van der Waals surface area contributed by atoms with E-state index in [1.807, 2.05) is 19.9 Å². The van der Waals surface area contributed by atoms with E-state index in [1.54, 1.807) is 0 Å². The van der Waals surface area contributed by atoms with Crippen LogP contribution in [0.1, 0.15) is 49.8 Å². The Morgan fingerprint density at radius 3 is 2.72 bits per heavy atom. The molecule has 3 aliphatic rings. The molecule has 2 amide bonds. The van der Waals surface area contributed by atoms with Crippen molar-refractivity contribution in [3.8, 4) is 11.5 Å². The lowest BCUT2D eigenvalue weighted by Crippen LogP contribution is -2.51. The fourth-order valence-electron chi connectivity index (χ4n) is 4.91. The van der Waals surface area contributed by atoms with E-state index >= 15 is 0 Å². The summed E-state index contributed by atoms with van der Waals surface area (Å²) in [4.78, 5) is 38.6. The third-order valence-electron chi connectivity index (χ3n) is 6.62. The molecule has 8 nitrogen and oxygen atoms in total. The van der Waals surface area contributed by atoms with Gasteiger partial charge in [-0.3, -0.25) is 9.59 Å². The topological polar surface area (TPSA) is 98.1 Å². The monoisotopic (exact) mass is 440 g/mol. The van der Waals surface area contributed by atoms with Crippen molar-refractivity contribution >= 4 is 22.8 Å². The predicted octanol–water partition coefficient (Wildman–Crippen LogP) is 2.11. The molecule has 1 aromatic heterocycles. The Labute approximate surface area is 185 Å². The number of nitrogens with zero attached hydrogens (tertiary/aromatic N) is 1. The second-order valence-electron chi connectivity index (χ2n) is 9.42. The Bertz CT molecular complexity index is 1170. The van der Waals surface area contributed by atoms with Crippen molar-refractivity contribution in [2.75, 3.05) is 26.2 Å². The Balaban J connectivity index is 1.57.